The minimum atomic E-state index is -6.51. The zero-order chi connectivity index (χ0) is 36.7. The monoisotopic (exact) mass is 706 g/mol. The third kappa shape index (κ3) is 7.03. The van der Waals surface area contributed by atoms with E-state index in [0.717, 1.165) is 0 Å². The fraction of sp³-hybridized carbons (Fsp3) is 0.318. The lowest BCUT2D eigenvalue weighted by molar-refractivity contribution is -0.387. The Morgan fingerprint density at radius 3 is 1.23 bits per heavy atom. The summed E-state index contributed by atoms with van der Waals surface area (Å²) in [6.45, 7) is -1.80. The van der Waals surface area contributed by atoms with Crippen molar-refractivity contribution in [1.29, 1.82) is 0 Å². The maximum atomic E-state index is 13.1. The van der Waals surface area contributed by atoms with E-state index in [4.69, 9.17) is 0 Å². The molecule has 258 valence electrons. The molecule has 47 heavy (non-hydrogen) atoms. The number of nitrogens with zero attached hydrogens (tertiary/aromatic N) is 2. The molecule has 0 atom stereocenters. The molecule has 2 N–H and O–H groups in total. The van der Waals surface area contributed by atoms with Crippen molar-refractivity contribution in [3.05, 3.63) is 78.9 Å². The SMILES string of the molecule is O=C(COC(=O)c1ccc(C(O)(C(F)(F)F)C(F)(F)F)cc1[N+](=O)[O-])OC(=O)c1ccc(C(O)(C(F)(F)F)C(F)(F)F)cc1[N+](=O)[O-]. The van der Waals surface area contributed by atoms with Crippen LogP contribution in [0, 0.1) is 20.2 Å². The normalized spacial score (nSPS) is 13.1. The van der Waals surface area contributed by atoms with Crippen LogP contribution in [0.3, 0.4) is 0 Å². The number of rotatable bonds is 8. The Hall–Kier alpha value is -5.07. The van der Waals surface area contributed by atoms with Gasteiger partial charge in [-0.1, -0.05) is 12.1 Å². The Kier molecular flexibility index (Phi) is 9.95. The lowest BCUT2D eigenvalue weighted by atomic mass is 9.91. The molecule has 0 amide bonds. The van der Waals surface area contributed by atoms with Crippen LogP contribution in [-0.2, 0) is 25.5 Å². The summed E-state index contributed by atoms with van der Waals surface area (Å²) in [6.07, 6.45) is -26.0. The van der Waals surface area contributed by atoms with Crippen molar-refractivity contribution in [3.8, 4) is 0 Å². The van der Waals surface area contributed by atoms with Crippen LogP contribution in [0.5, 0.6) is 0 Å². The van der Waals surface area contributed by atoms with Gasteiger partial charge in [-0.15, -0.1) is 0 Å². The standard InChI is InChI=1S/C22H10F12N2O11/c23-19(24,25)17(40,20(26,27)28)8-1-3-10(12(5-8)35(42)43)15(38)46-7-14(37)47-16(39)11-4-2-9(6-13(11)36(44)45)18(41,21(29,30)31)22(32,33)34/h1-6,40-41H,7H2. The molecular formula is C22H10F12N2O11. The van der Waals surface area contributed by atoms with Crippen molar-refractivity contribution in [2.75, 3.05) is 6.61 Å². The summed E-state index contributed by atoms with van der Waals surface area (Å²) in [6, 6.07) is -1.62. The van der Waals surface area contributed by atoms with Crippen LogP contribution in [0.25, 0.3) is 0 Å². The van der Waals surface area contributed by atoms with Crippen molar-refractivity contribution >= 4 is 29.3 Å². The zero-order valence-electron chi connectivity index (χ0n) is 21.7. The van der Waals surface area contributed by atoms with Crippen molar-refractivity contribution in [1.82, 2.24) is 0 Å². The van der Waals surface area contributed by atoms with Crippen LogP contribution in [0.1, 0.15) is 31.8 Å². The number of carbonyl (C=O) groups excluding carboxylic acids is 3. The summed E-state index contributed by atoms with van der Waals surface area (Å²) in [7, 11) is 0. The molecular weight excluding hydrogens is 696 g/mol. The highest BCUT2D eigenvalue weighted by molar-refractivity contribution is 6.01. The van der Waals surface area contributed by atoms with Crippen LogP contribution < -0.4 is 0 Å². The molecule has 2 rings (SSSR count). The second kappa shape index (κ2) is 12.3. The minimum Gasteiger partial charge on any atom is -0.450 e. The van der Waals surface area contributed by atoms with Crippen molar-refractivity contribution in [2.24, 2.45) is 0 Å². The van der Waals surface area contributed by atoms with Gasteiger partial charge in [-0.25, -0.2) is 14.4 Å². The Morgan fingerprint density at radius 2 is 0.936 bits per heavy atom. The number of nitro benzene ring substituents is 2. The van der Waals surface area contributed by atoms with Gasteiger partial charge >= 0.3 is 42.6 Å². The maximum absolute atomic E-state index is 13.1. The molecule has 0 saturated heterocycles. The van der Waals surface area contributed by atoms with Gasteiger partial charge in [0.1, 0.15) is 11.1 Å². The van der Waals surface area contributed by atoms with Gasteiger partial charge in [-0.3, -0.25) is 20.2 Å². The highest BCUT2D eigenvalue weighted by Gasteiger charge is 2.72. The van der Waals surface area contributed by atoms with Crippen molar-refractivity contribution in [3.63, 3.8) is 0 Å². The predicted octanol–water partition coefficient (Wildman–Crippen LogP) is 4.67. The van der Waals surface area contributed by atoms with Crippen molar-refractivity contribution < 1.29 is 96.6 Å². The average Bonchev–Trinajstić information content (AvgIpc) is 2.91. The fourth-order valence-corrected chi connectivity index (χ4v) is 3.53. The number of halogens is 12. The number of benzene rings is 2. The first-order chi connectivity index (χ1) is 21.0. The summed E-state index contributed by atoms with van der Waals surface area (Å²) in [5.41, 5.74) is -22.4. The van der Waals surface area contributed by atoms with Gasteiger partial charge in [0.15, 0.2) is 6.61 Å². The van der Waals surface area contributed by atoms with Crippen LogP contribution in [0.15, 0.2) is 36.4 Å². The van der Waals surface area contributed by atoms with E-state index >= 15 is 0 Å². The molecule has 0 radical (unpaired) electrons. The number of carbonyl (C=O) groups is 3. The first-order valence-corrected chi connectivity index (χ1v) is 11.2. The van der Waals surface area contributed by atoms with E-state index in [1.165, 1.54) is 0 Å². The zero-order valence-corrected chi connectivity index (χ0v) is 21.7. The van der Waals surface area contributed by atoms with Gasteiger partial charge in [0, 0.05) is 23.3 Å². The molecule has 13 nitrogen and oxygen atoms in total. The highest BCUT2D eigenvalue weighted by atomic mass is 19.4. The Balaban J connectivity index is 2.35. The summed E-state index contributed by atoms with van der Waals surface area (Å²) in [5.74, 6) is -6.28. The number of esters is 3. The van der Waals surface area contributed by atoms with E-state index in [2.05, 4.69) is 9.47 Å². The van der Waals surface area contributed by atoms with Crippen LogP contribution in [0.2, 0.25) is 0 Å². The molecule has 0 aliphatic rings. The topological polar surface area (TPSA) is 196 Å². The third-order valence-electron chi connectivity index (χ3n) is 5.83. The summed E-state index contributed by atoms with van der Waals surface area (Å²) >= 11 is 0. The molecule has 0 aliphatic carbocycles. The maximum Gasteiger partial charge on any atom is 0.430 e. The molecule has 2 aromatic rings. The van der Waals surface area contributed by atoms with Crippen LogP contribution >= 0.6 is 0 Å². The number of hydrogen-bond donors (Lipinski definition) is 2. The van der Waals surface area contributed by atoms with E-state index in [0.29, 0.717) is 0 Å². The number of alkyl halides is 12. The van der Waals surface area contributed by atoms with Gasteiger partial charge in [0.05, 0.1) is 9.85 Å². The van der Waals surface area contributed by atoms with E-state index in [-0.39, 0.29) is 24.3 Å². The molecule has 0 heterocycles. The largest absolute Gasteiger partial charge is 0.450 e. The Bertz CT molecular complexity index is 1590. The molecule has 0 saturated carbocycles. The number of hydrogen-bond acceptors (Lipinski definition) is 11. The van der Waals surface area contributed by atoms with E-state index in [9.17, 15) is 97.5 Å². The van der Waals surface area contributed by atoms with Crippen molar-refractivity contribution in [2.45, 2.75) is 35.9 Å². The molecule has 0 aliphatic heterocycles. The lowest BCUT2D eigenvalue weighted by Gasteiger charge is -2.32. The molecule has 0 bridgehead atoms. The predicted molar refractivity (Wildman–Crippen MR) is 119 cm³/mol. The summed E-state index contributed by atoms with van der Waals surface area (Å²) < 4.78 is 165. The molecule has 0 spiro atoms. The van der Waals surface area contributed by atoms with E-state index in [1.807, 2.05) is 0 Å². The smallest absolute Gasteiger partial charge is 0.430 e. The number of ether oxygens (including phenoxy) is 2. The first kappa shape index (κ1) is 38.1. The van der Waals surface area contributed by atoms with Gasteiger partial charge in [-0.2, -0.15) is 52.7 Å². The van der Waals surface area contributed by atoms with Gasteiger partial charge < -0.3 is 19.7 Å². The van der Waals surface area contributed by atoms with E-state index < -0.39 is 116 Å². The molecule has 0 aromatic heterocycles. The second-order valence-electron chi connectivity index (χ2n) is 8.73. The summed E-state index contributed by atoms with van der Waals surface area (Å²) in [5, 5.41) is 41.3. The van der Waals surface area contributed by atoms with Gasteiger partial charge in [0.25, 0.3) is 22.6 Å². The van der Waals surface area contributed by atoms with Crippen LogP contribution in [-0.4, -0.2) is 69.3 Å². The first-order valence-electron chi connectivity index (χ1n) is 11.2. The van der Waals surface area contributed by atoms with Gasteiger partial charge in [0.2, 0.25) is 0 Å². The Morgan fingerprint density at radius 1 is 0.617 bits per heavy atom. The average molecular weight is 706 g/mol. The van der Waals surface area contributed by atoms with Crippen LogP contribution in [0.4, 0.5) is 64.1 Å². The molecule has 2 aromatic carbocycles. The quantitative estimate of drug-likeness (QED) is 0.127. The molecule has 0 unspecified atom stereocenters. The van der Waals surface area contributed by atoms with Gasteiger partial charge in [-0.05, 0) is 12.1 Å². The third-order valence-corrected chi connectivity index (χ3v) is 5.83. The molecule has 25 heteroatoms. The fourth-order valence-electron chi connectivity index (χ4n) is 3.53. The summed E-state index contributed by atoms with van der Waals surface area (Å²) in [4.78, 5) is 55.4. The number of aliphatic hydroxyl groups is 2. The lowest BCUT2D eigenvalue weighted by Crippen LogP contribution is -2.53. The highest BCUT2D eigenvalue weighted by Crippen LogP contribution is 2.52. The van der Waals surface area contributed by atoms with E-state index in [1.54, 1.807) is 0 Å². The second-order valence-corrected chi connectivity index (χ2v) is 8.73. The minimum absolute atomic E-state index is 0.0528. The number of nitro groups is 2. The molecule has 0 fully saturated rings. The Labute approximate surface area is 248 Å².